The second-order valence-electron chi connectivity index (χ2n) is 8.17. The van der Waals surface area contributed by atoms with Crippen molar-refractivity contribution in [2.45, 2.75) is 31.3 Å². The molecule has 0 radical (unpaired) electrons. The van der Waals surface area contributed by atoms with Gasteiger partial charge in [-0.15, -0.1) is 0 Å². The zero-order chi connectivity index (χ0) is 26.4. The van der Waals surface area contributed by atoms with E-state index in [1.807, 2.05) is 37.3 Å². The van der Waals surface area contributed by atoms with Crippen LogP contribution in [0.5, 0.6) is 5.75 Å². The van der Waals surface area contributed by atoms with Gasteiger partial charge in [-0.05, 0) is 48.9 Å². The first-order valence-corrected chi connectivity index (χ1v) is 12.4. The highest BCUT2D eigenvalue weighted by atomic mass is 32.2. The third-order valence-corrected chi connectivity index (χ3v) is 6.60. The van der Waals surface area contributed by atoms with Crippen molar-refractivity contribution in [2.24, 2.45) is 4.99 Å². The Bertz CT molecular complexity index is 1280. The van der Waals surface area contributed by atoms with Crippen molar-refractivity contribution in [3.8, 4) is 5.75 Å². The van der Waals surface area contributed by atoms with Gasteiger partial charge < -0.3 is 10.1 Å². The van der Waals surface area contributed by atoms with Crippen LogP contribution in [0.2, 0.25) is 0 Å². The first-order valence-electron chi connectivity index (χ1n) is 11.5. The number of amidine groups is 1. The molecule has 1 N–H and O–H groups in total. The fraction of sp³-hybridized carbons (Fsp3) is 0.222. The number of ether oxygens (including phenoxy) is 1. The largest absolute Gasteiger partial charge is 0.494 e. The summed E-state index contributed by atoms with van der Waals surface area (Å²) in [5.41, 5.74) is 0.899. The van der Waals surface area contributed by atoms with Gasteiger partial charge in [-0.2, -0.15) is 13.2 Å². The number of amides is 2. The molecule has 1 aliphatic heterocycles. The van der Waals surface area contributed by atoms with Gasteiger partial charge in [0.2, 0.25) is 11.8 Å². The number of rotatable bonds is 8. The van der Waals surface area contributed by atoms with Crippen LogP contribution in [-0.4, -0.2) is 33.7 Å². The molecule has 6 nitrogen and oxygen atoms in total. The highest BCUT2D eigenvalue weighted by Crippen LogP contribution is 2.34. The fourth-order valence-corrected chi connectivity index (χ4v) is 4.84. The van der Waals surface area contributed by atoms with Crippen molar-refractivity contribution in [3.05, 3.63) is 90.0 Å². The number of nitrogens with zero attached hydrogens (tertiary/aromatic N) is 2. The van der Waals surface area contributed by atoms with E-state index in [-0.39, 0.29) is 30.5 Å². The standard InChI is InChI=1S/C27H24F3N3O3S/c1-2-36-22-10-6-9-21(15-22)31-24(34)16-23-25(35)33(17-18-7-4-3-5-8-18)26(37-23)32-20-13-11-19(12-14-20)27(28,29)30/h3-15,23H,2,16-17H2,1H3,(H,31,34)/t23-/m1/s1. The molecule has 3 aromatic carbocycles. The zero-order valence-corrected chi connectivity index (χ0v) is 20.7. The van der Waals surface area contributed by atoms with Crippen LogP contribution in [0, 0.1) is 0 Å². The molecule has 1 saturated heterocycles. The maximum absolute atomic E-state index is 13.3. The molecule has 1 aliphatic rings. The molecule has 0 spiro atoms. The Kier molecular flexibility index (Phi) is 8.17. The van der Waals surface area contributed by atoms with Crippen molar-refractivity contribution in [1.29, 1.82) is 0 Å². The molecule has 0 saturated carbocycles. The van der Waals surface area contributed by atoms with Gasteiger partial charge in [0.05, 0.1) is 24.4 Å². The van der Waals surface area contributed by atoms with Crippen molar-refractivity contribution in [1.82, 2.24) is 4.90 Å². The van der Waals surface area contributed by atoms with Gasteiger partial charge in [-0.3, -0.25) is 14.5 Å². The number of hydrogen-bond donors (Lipinski definition) is 1. The Balaban J connectivity index is 1.53. The summed E-state index contributed by atoms with van der Waals surface area (Å²) in [5.74, 6) is -0.0284. The Labute approximate surface area is 216 Å². The van der Waals surface area contributed by atoms with E-state index < -0.39 is 17.0 Å². The van der Waals surface area contributed by atoms with Gasteiger partial charge in [-0.25, -0.2) is 4.99 Å². The zero-order valence-electron chi connectivity index (χ0n) is 19.9. The van der Waals surface area contributed by atoms with E-state index in [1.54, 1.807) is 24.3 Å². The summed E-state index contributed by atoms with van der Waals surface area (Å²) in [6.45, 7) is 2.57. The fourth-order valence-electron chi connectivity index (χ4n) is 3.68. The molecule has 4 rings (SSSR count). The van der Waals surface area contributed by atoms with Gasteiger partial charge in [-0.1, -0.05) is 48.2 Å². The molecule has 1 atom stereocenters. The average molecular weight is 528 g/mol. The molecule has 37 heavy (non-hydrogen) atoms. The number of alkyl halides is 3. The van der Waals surface area contributed by atoms with Gasteiger partial charge in [0.25, 0.3) is 0 Å². The monoisotopic (exact) mass is 527 g/mol. The lowest BCUT2D eigenvalue weighted by Gasteiger charge is -2.17. The first kappa shape index (κ1) is 26.3. The quantitative estimate of drug-likeness (QED) is 0.375. The number of benzene rings is 3. The minimum Gasteiger partial charge on any atom is -0.494 e. The lowest BCUT2D eigenvalue weighted by Crippen LogP contribution is -2.33. The predicted octanol–water partition coefficient (Wildman–Crippen LogP) is 6.26. The summed E-state index contributed by atoms with van der Waals surface area (Å²) < 4.78 is 44.2. The van der Waals surface area contributed by atoms with Crippen LogP contribution in [-0.2, 0) is 22.3 Å². The lowest BCUT2D eigenvalue weighted by atomic mass is 10.2. The Morgan fingerprint density at radius 2 is 1.78 bits per heavy atom. The van der Waals surface area contributed by atoms with E-state index in [4.69, 9.17) is 4.74 Å². The van der Waals surface area contributed by atoms with Crippen LogP contribution in [0.25, 0.3) is 0 Å². The number of hydrogen-bond acceptors (Lipinski definition) is 5. The SMILES string of the molecule is CCOc1cccc(NC(=O)C[C@H]2SC(=Nc3ccc(C(F)(F)F)cc3)N(Cc3ccccc3)C2=O)c1. The van der Waals surface area contributed by atoms with E-state index in [2.05, 4.69) is 10.3 Å². The Morgan fingerprint density at radius 1 is 1.05 bits per heavy atom. The molecule has 2 amide bonds. The molecular weight excluding hydrogens is 503 g/mol. The molecule has 10 heteroatoms. The number of carbonyl (C=O) groups excluding carboxylic acids is 2. The molecule has 0 aromatic heterocycles. The van der Waals surface area contributed by atoms with Crippen molar-refractivity contribution >= 4 is 40.1 Å². The molecule has 3 aromatic rings. The van der Waals surface area contributed by atoms with E-state index in [0.29, 0.717) is 23.2 Å². The van der Waals surface area contributed by atoms with Crippen molar-refractivity contribution in [3.63, 3.8) is 0 Å². The van der Waals surface area contributed by atoms with Crippen molar-refractivity contribution in [2.75, 3.05) is 11.9 Å². The van der Waals surface area contributed by atoms with E-state index in [0.717, 1.165) is 29.5 Å². The minimum absolute atomic E-state index is 0.0975. The topological polar surface area (TPSA) is 71.0 Å². The maximum atomic E-state index is 13.3. The Morgan fingerprint density at radius 3 is 2.46 bits per heavy atom. The van der Waals surface area contributed by atoms with Crippen LogP contribution in [0.15, 0.2) is 83.9 Å². The summed E-state index contributed by atoms with van der Waals surface area (Å²) >= 11 is 1.12. The summed E-state index contributed by atoms with van der Waals surface area (Å²) in [5, 5.41) is 2.38. The van der Waals surface area contributed by atoms with E-state index in [1.165, 1.54) is 17.0 Å². The molecule has 1 heterocycles. The summed E-state index contributed by atoms with van der Waals surface area (Å²) in [6, 6.07) is 20.6. The Hall–Kier alpha value is -3.79. The molecule has 0 bridgehead atoms. The summed E-state index contributed by atoms with van der Waals surface area (Å²) in [7, 11) is 0. The lowest BCUT2D eigenvalue weighted by molar-refractivity contribution is -0.137. The predicted molar refractivity (Wildman–Crippen MR) is 138 cm³/mol. The van der Waals surface area contributed by atoms with Crippen LogP contribution < -0.4 is 10.1 Å². The number of thioether (sulfide) groups is 1. The number of nitrogens with one attached hydrogen (secondary N) is 1. The molecular formula is C27H24F3N3O3S. The van der Waals surface area contributed by atoms with E-state index >= 15 is 0 Å². The average Bonchev–Trinajstić information content (AvgIpc) is 3.13. The molecule has 1 fully saturated rings. The van der Waals surface area contributed by atoms with Crippen molar-refractivity contribution < 1.29 is 27.5 Å². The second kappa shape index (κ2) is 11.5. The van der Waals surface area contributed by atoms with E-state index in [9.17, 15) is 22.8 Å². The first-order chi connectivity index (χ1) is 17.7. The molecule has 0 aliphatic carbocycles. The summed E-state index contributed by atoms with van der Waals surface area (Å²) in [4.78, 5) is 32.0. The highest BCUT2D eigenvalue weighted by molar-refractivity contribution is 8.15. The van der Waals surface area contributed by atoms with Crippen LogP contribution in [0.3, 0.4) is 0 Å². The number of carbonyl (C=O) groups is 2. The van der Waals surface area contributed by atoms with Crippen LogP contribution >= 0.6 is 11.8 Å². The third kappa shape index (κ3) is 6.91. The maximum Gasteiger partial charge on any atom is 0.416 e. The van der Waals surface area contributed by atoms with Gasteiger partial charge in [0, 0.05) is 18.2 Å². The molecule has 192 valence electrons. The normalized spacial score (nSPS) is 16.8. The van der Waals surface area contributed by atoms with Gasteiger partial charge >= 0.3 is 6.18 Å². The van der Waals surface area contributed by atoms with Crippen LogP contribution in [0.1, 0.15) is 24.5 Å². The van der Waals surface area contributed by atoms with Gasteiger partial charge in [0.15, 0.2) is 5.17 Å². The van der Waals surface area contributed by atoms with Crippen LogP contribution in [0.4, 0.5) is 24.5 Å². The third-order valence-electron chi connectivity index (χ3n) is 5.42. The number of anilines is 1. The minimum atomic E-state index is -4.45. The van der Waals surface area contributed by atoms with Gasteiger partial charge in [0.1, 0.15) is 11.0 Å². The number of aliphatic imine (C=N–C) groups is 1. The highest BCUT2D eigenvalue weighted by Gasteiger charge is 2.39. The molecule has 0 unspecified atom stereocenters. The number of halogens is 3. The second-order valence-corrected chi connectivity index (χ2v) is 9.34. The smallest absolute Gasteiger partial charge is 0.416 e. The summed E-state index contributed by atoms with van der Waals surface area (Å²) in [6.07, 6.45) is -4.55.